The van der Waals surface area contributed by atoms with Gasteiger partial charge >= 0.3 is 5.97 Å². The van der Waals surface area contributed by atoms with E-state index in [0.29, 0.717) is 6.42 Å². The Labute approximate surface area is 233 Å². The molecule has 5 rings (SSSR count). The van der Waals surface area contributed by atoms with E-state index in [1.165, 1.54) is 0 Å². The van der Waals surface area contributed by atoms with Crippen molar-refractivity contribution in [3.05, 3.63) is 78.2 Å². The van der Waals surface area contributed by atoms with Crippen LogP contribution in [0.4, 0.5) is 5.69 Å². The van der Waals surface area contributed by atoms with E-state index < -0.39 is 5.97 Å². The molecule has 1 saturated heterocycles. The second-order valence-corrected chi connectivity index (χ2v) is 10.8. The number of ether oxygens (including phenoxy) is 1. The number of aromatic nitrogens is 3. The first-order valence-corrected chi connectivity index (χ1v) is 14.4. The third-order valence-electron chi connectivity index (χ3n) is 6.73. The van der Waals surface area contributed by atoms with Crippen LogP contribution in [0, 0.1) is 0 Å². The van der Waals surface area contributed by atoms with Crippen molar-refractivity contribution in [3.8, 4) is 0 Å². The Kier molecular flexibility index (Phi) is 9.30. The molecule has 0 saturated carbocycles. The molecule has 0 amide bonds. The lowest BCUT2D eigenvalue weighted by Crippen LogP contribution is -2.19. The maximum absolute atomic E-state index is 10.7. The van der Waals surface area contributed by atoms with E-state index in [9.17, 15) is 4.79 Å². The van der Waals surface area contributed by atoms with Gasteiger partial charge in [-0.3, -0.25) is 9.78 Å². The normalized spacial score (nSPS) is 15.6. The number of pyridine rings is 1. The number of carboxylic acid groups (broad SMARTS) is 1. The van der Waals surface area contributed by atoms with Crippen LogP contribution in [0.25, 0.3) is 23.1 Å². The lowest BCUT2D eigenvalue weighted by atomic mass is 10.1. The molecule has 1 aliphatic heterocycles. The zero-order valence-electron chi connectivity index (χ0n) is 22.0. The number of fused-ring (bicyclic) bond motifs is 1. The summed E-state index contributed by atoms with van der Waals surface area (Å²) in [4.78, 5) is 17.4. The van der Waals surface area contributed by atoms with E-state index >= 15 is 0 Å². The average Bonchev–Trinajstić information content (AvgIpc) is 3.33. The second-order valence-electron chi connectivity index (χ2n) is 9.65. The van der Waals surface area contributed by atoms with Crippen molar-refractivity contribution < 1.29 is 14.6 Å². The van der Waals surface area contributed by atoms with Crippen LogP contribution in [0.3, 0.4) is 0 Å². The number of carboxylic acids is 1. The highest BCUT2D eigenvalue weighted by Crippen LogP contribution is 2.37. The first-order chi connectivity index (χ1) is 19.2. The minimum absolute atomic E-state index is 0.0615. The van der Waals surface area contributed by atoms with Crippen LogP contribution >= 0.6 is 11.8 Å². The predicted octanol–water partition coefficient (Wildman–Crippen LogP) is 7.51. The molecular formula is C31H34N4O3S. The number of aliphatic carboxylic acids is 1. The fourth-order valence-corrected chi connectivity index (χ4v) is 5.69. The van der Waals surface area contributed by atoms with E-state index in [4.69, 9.17) is 14.9 Å². The quantitative estimate of drug-likeness (QED) is 0.179. The predicted molar refractivity (Wildman–Crippen MR) is 157 cm³/mol. The Hall–Kier alpha value is -3.62. The maximum atomic E-state index is 10.7. The summed E-state index contributed by atoms with van der Waals surface area (Å²) in [5.74, 6) is -0.727. The minimum atomic E-state index is -0.727. The van der Waals surface area contributed by atoms with E-state index in [0.717, 1.165) is 83.0 Å². The van der Waals surface area contributed by atoms with Gasteiger partial charge in [-0.15, -0.1) is 0 Å². The number of nitrogens with one attached hydrogen (secondary N) is 1. The van der Waals surface area contributed by atoms with Gasteiger partial charge in [0.2, 0.25) is 0 Å². The zero-order chi connectivity index (χ0) is 26.9. The fraction of sp³-hybridized carbons (Fsp3) is 0.323. The van der Waals surface area contributed by atoms with E-state index in [1.54, 1.807) is 18.0 Å². The first kappa shape index (κ1) is 27.0. The molecule has 3 heterocycles. The number of carbonyl (C=O) groups is 1. The Morgan fingerprint density at radius 3 is 2.79 bits per heavy atom. The number of anilines is 1. The van der Waals surface area contributed by atoms with Crippen molar-refractivity contribution >= 4 is 46.5 Å². The third kappa shape index (κ3) is 7.28. The van der Waals surface area contributed by atoms with Gasteiger partial charge in [-0.25, -0.2) is 4.68 Å². The molecule has 0 spiro atoms. The van der Waals surface area contributed by atoms with E-state index in [2.05, 4.69) is 51.4 Å². The molecule has 1 atom stereocenters. The molecule has 0 radical (unpaired) electrons. The summed E-state index contributed by atoms with van der Waals surface area (Å²) in [5.41, 5.74) is 3.96. The van der Waals surface area contributed by atoms with Gasteiger partial charge in [-0.1, -0.05) is 36.4 Å². The lowest BCUT2D eigenvalue weighted by molar-refractivity contribution is -0.137. The van der Waals surface area contributed by atoms with Crippen molar-refractivity contribution in [2.24, 2.45) is 0 Å². The van der Waals surface area contributed by atoms with Crippen LogP contribution < -0.4 is 5.32 Å². The highest BCUT2D eigenvalue weighted by Gasteiger charge is 2.21. The largest absolute Gasteiger partial charge is 0.481 e. The lowest BCUT2D eigenvalue weighted by Gasteiger charge is -2.23. The molecule has 1 unspecified atom stereocenters. The summed E-state index contributed by atoms with van der Waals surface area (Å²) in [7, 11) is 0. The average molecular weight is 543 g/mol. The summed E-state index contributed by atoms with van der Waals surface area (Å²) in [5, 5.41) is 18.4. The maximum Gasteiger partial charge on any atom is 0.303 e. The third-order valence-corrected chi connectivity index (χ3v) is 7.80. The Balaban J connectivity index is 1.36. The highest BCUT2D eigenvalue weighted by molar-refractivity contribution is 7.99. The summed E-state index contributed by atoms with van der Waals surface area (Å²) in [6.45, 7) is 1.57. The van der Waals surface area contributed by atoms with Crippen LogP contribution in [0.5, 0.6) is 0 Å². The number of nitrogens with zero attached hydrogens (tertiary/aromatic N) is 3. The summed E-state index contributed by atoms with van der Waals surface area (Å²) < 4.78 is 8.18. The summed E-state index contributed by atoms with van der Waals surface area (Å²) in [6.07, 6.45) is 11.7. The van der Waals surface area contributed by atoms with Gasteiger partial charge in [0.25, 0.3) is 0 Å². The molecule has 1 fully saturated rings. The number of unbranched alkanes of at least 4 members (excludes halogenated alkanes) is 2. The standard InChI is InChI=1S/C31H34N4O3S/c36-31(37)14-2-1-7-20-33-27-11-3-4-12-29(27)39-24-16-17-25-26(18-15-23-10-5-8-19-32-23)34-35(28(25)22-24)30-13-6-9-21-38-30/h3-5,8,10-12,15-19,22,30,33H,1-2,6-7,9,13-14,20-21H2,(H,36,37). The topological polar surface area (TPSA) is 89.3 Å². The molecule has 2 aromatic heterocycles. The molecule has 0 aliphatic carbocycles. The molecule has 2 N–H and O–H groups in total. The van der Waals surface area contributed by atoms with Gasteiger partial charge in [0.05, 0.1) is 16.9 Å². The van der Waals surface area contributed by atoms with Gasteiger partial charge < -0.3 is 15.2 Å². The monoisotopic (exact) mass is 542 g/mol. The van der Waals surface area contributed by atoms with Crippen molar-refractivity contribution in [2.75, 3.05) is 18.5 Å². The Bertz CT molecular complexity index is 1410. The smallest absolute Gasteiger partial charge is 0.303 e. The molecule has 1 aliphatic rings. The van der Waals surface area contributed by atoms with Crippen molar-refractivity contribution in [2.45, 2.75) is 61.0 Å². The fourth-order valence-electron chi connectivity index (χ4n) is 4.73. The molecule has 8 heteroatoms. The molecule has 4 aromatic rings. The first-order valence-electron chi connectivity index (χ1n) is 13.6. The van der Waals surface area contributed by atoms with Crippen LogP contribution in [-0.2, 0) is 9.53 Å². The molecular weight excluding hydrogens is 508 g/mol. The van der Waals surface area contributed by atoms with Crippen LogP contribution in [-0.4, -0.2) is 39.0 Å². The number of hydrogen-bond donors (Lipinski definition) is 2. The Morgan fingerprint density at radius 1 is 1.08 bits per heavy atom. The van der Waals surface area contributed by atoms with E-state index in [1.807, 2.05) is 36.4 Å². The SMILES string of the molecule is O=C(O)CCCCCNc1ccccc1Sc1ccc2c(C=Cc3ccccn3)nn(C3CCCCO3)c2c1. The van der Waals surface area contributed by atoms with Crippen molar-refractivity contribution in [3.63, 3.8) is 0 Å². The number of rotatable bonds is 12. The summed E-state index contributed by atoms with van der Waals surface area (Å²) >= 11 is 1.73. The van der Waals surface area contributed by atoms with Crippen molar-refractivity contribution in [1.29, 1.82) is 0 Å². The molecule has 7 nitrogen and oxygen atoms in total. The minimum Gasteiger partial charge on any atom is -0.481 e. The zero-order valence-corrected chi connectivity index (χ0v) is 22.8. The molecule has 0 bridgehead atoms. The van der Waals surface area contributed by atoms with Gasteiger partial charge in [0.15, 0.2) is 6.23 Å². The van der Waals surface area contributed by atoms with Crippen LogP contribution in [0.1, 0.15) is 62.6 Å². The number of benzene rings is 2. The second kappa shape index (κ2) is 13.4. The summed E-state index contributed by atoms with van der Waals surface area (Å²) in [6, 6.07) is 20.7. The number of hydrogen-bond acceptors (Lipinski definition) is 6. The highest BCUT2D eigenvalue weighted by atomic mass is 32.2. The molecule has 202 valence electrons. The molecule has 2 aromatic carbocycles. The van der Waals surface area contributed by atoms with Gasteiger partial charge in [0.1, 0.15) is 0 Å². The van der Waals surface area contributed by atoms with Gasteiger partial charge in [0, 0.05) is 46.6 Å². The molecule has 39 heavy (non-hydrogen) atoms. The van der Waals surface area contributed by atoms with Crippen molar-refractivity contribution in [1.82, 2.24) is 14.8 Å². The van der Waals surface area contributed by atoms with Crippen LogP contribution in [0.2, 0.25) is 0 Å². The van der Waals surface area contributed by atoms with Crippen LogP contribution in [0.15, 0.2) is 76.7 Å². The van der Waals surface area contributed by atoms with E-state index in [-0.39, 0.29) is 12.6 Å². The number of para-hydroxylation sites is 1. The Morgan fingerprint density at radius 2 is 1.97 bits per heavy atom. The van der Waals surface area contributed by atoms with Gasteiger partial charge in [-0.2, -0.15) is 5.10 Å². The van der Waals surface area contributed by atoms with Gasteiger partial charge in [-0.05, 0) is 86.7 Å².